The Bertz CT molecular complexity index is 547. The normalized spacial score (nSPS) is 22.8. The first kappa shape index (κ1) is 13.6. The van der Waals surface area contributed by atoms with Crippen LogP contribution in [0.4, 0.5) is 5.82 Å². The maximum absolute atomic E-state index is 12.0. The van der Waals surface area contributed by atoms with Gasteiger partial charge in [0.15, 0.2) is 0 Å². The van der Waals surface area contributed by atoms with Crippen LogP contribution >= 0.6 is 11.6 Å². The summed E-state index contributed by atoms with van der Waals surface area (Å²) in [6.45, 7) is 4.60. The minimum atomic E-state index is -3.51. The van der Waals surface area contributed by atoms with E-state index >= 15 is 0 Å². The molecule has 2 N–H and O–H groups in total. The van der Waals surface area contributed by atoms with Gasteiger partial charge in [-0.05, 0) is 25.3 Å². The van der Waals surface area contributed by atoms with Crippen LogP contribution in [0.5, 0.6) is 0 Å². The molecule has 1 heterocycles. The second kappa shape index (κ2) is 5.03. The summed E-state index contributed by atoms with van der Waals surface area (Å²) < 4.78 is 26.7. The summed E-state index contributed by atoms with van der Waals surface area (Å²) >= 11 is 5.98. The van der Waals surface area contributed by atoms with Crippen LogP contribution in [0, 0.1) is 5.92 Å². The number of halogens is 1. The van der Waals surface area contributed by atoms with E-state index in [1.165, 1.54) is 12.3 Å². The molecule has 1 aliphatic rings. The largest absolute Gasteiger partial charge is 0.369 e. The summed E-state index contributed by atoms with van der Waals surface area (Å²) in [4.78, 5) is 4.12. The topological polar surface area (TPSA) is 71.1 Å². The van der Waals surface area contributed by atoms with Gasteiger partial charge in [-0.3, -0.25) is 0 Å². The lowest BCUT2D eigenvalue weighted by Crippen LogP contribution is -2.27. The predicted molar refractivity (Wildman–Crippen MR) is 71.3 cm³/mol. The van der Waals surface area contributed by atoms with Crippen molar-refractivity contribution in [3.63, 3.8) is 0 Å². The molecule has 0 aliphatic heterocycles. The second-order valence-corrected chi connectivity index (χ2v) is 6.59. The molecule has 1 aromatic heterocycles. The molecule has 0 aromatic carbocycles. The zero-order valence-electron chi connectivity index (χ0n) is 10.3. The van der Waals surface area contributed by atoms with Crippen molar-refractivity contribution >= 4 is 27.4 Å². The monoisotopic (exact) mass is 289 g/mol. The highest BCUT2D eigenvalue weighted by atomic mass is 35.5. The van der Waals surface area contributed by atoms with Gasteiger partial charge >= 0.3 is 0 Å². The molecule has 0 saturated heterocycles. The minimum absolute atomic E-state index is 0.0437. The van der Waals surface area contributed by atoms with Gasteiger partial charge in [-0.15, -0.1) is 0 Å². The van der Waals surface area contributed by atoms with Crippen LogP contribution in [-0.2, 0) is 10.0 Å². The number of hydrogen-bond donors (Lipinski definition) is 2. The van der Waals surface area contributed by atoms with Crippen LogP contribution in [0.3, 0.4) is 0 Å². The van der Waals surface area contributed by atoms with E-state index in [0.717, 1.165) is 6.42 Å². The van der Waals surface area contributed by atoms with Crippen molar-refractivity contribution in [2.75, 3.05) is 11.9 Å². The number of hydrogen-bond acceptors (Lipinski definition) is 4. The van der Waals surface area contributed by atoms with Crippen molar-refractivity contribution in [2.24, 2.45) is 5.92 Å². The number of pyridine rings is 1. The van der Waals surface area contributed by atoms with Gasteiger partial charge in [-0.2, -0.15) is 0 Å². The van der Waals surface area contributed by atoms with Crippen molar-refractivity contribution in [3.8, 4) is 0 Å². The second-order valence-electron chi connectivity index (χ2n) is 4.47. The number of rotatable bonds is 5. The Labute approximate surface area is 112 Å². The number of nitrogens with zero attached hydrogens (tertiary/aromatic N) is 1. The molecule has 1 fully saturated rings. The van der Waals surface area contributed by atoms with Gasteiger partial charge in [0, 0.05) is 18.8 Å². The predicted octanol–water partition coefficient (Wildman–Crippen LogP) is 1.85. The van der Waals surface area contributed by atoms with Crippen molar-refractivity contribution in [1.29, 1.82) is 0 Å². The lowest BCUT2D eigenvalue weighted by Gasteiger charge is -2.08. The molecule has 2 rings (SSSR count). The van der Waals surface area contributed by atoms with E-state index in [9.17, 15) is 8.42 Å². The summed E-state index contributed by atoms with van der Waals surface area (Å²) in [5, 5.41) is 3.27. The fourth-order valence-corrected chi connectivity index (χ4v) is 3.24. The molecule has 0 amide bonds. The summed E-state index contributed by atoms with van der Waals surface area (Å²) in [5.41, 5.74) is 0. The number of anilines is 1. The first-order valence-electron chi connectivity index (χ1n) is 5.85. The number of nitrogens with one attached hydrogen (secondary N) is 2. The molecule has 2 atom stereocenters. The molecule has 1 saturated carbocycles. The molecule has 0 radical (unpaired) electrons. The van der Waals surface area contributed by atoms with E-state index < -0.39 is 10.0 Å². The summed E-state index contributed by atoms with van der Waals surface area (Å²) in [5.74, 6) is 0.905. The van der Waals surface area contributed by atoms with E-state index in [0.29, 0.717) is 23.3 Å². The van der Waals surface area contributed by atoms with Gasteiger partial charge in [0.2, 0.25) is 10.0 Å². The highest BCUT2D eigenvalue weighted by molar-refractivity contribution is 7.89. The highest BCUT2D eigenvalue weighted by Crippen LogP contribution is 2.31. The van der Waals surface area contributed by atoms with Gasteiger partial charge in [0.25, 0.3) is 0 Å². The maximum Gasteiger partial charge on any atom is 0.242 e. The van der Waals surface area contributed by atoms with E-state index in [1.54, 1.807) is 0 Å². The fraction of sp³-hybridized carbons (Fsp3) is 0.545. The van der Waals surface area contributed by atoms with E-state index in [4.69, 9.17) is 11.6 Å². The number of sulfonamides is 1. The van der Waals surface area contributed by atoms with E-state index in [2.05, 4.69) is 15.0 Å². The third kappa shape index (κ3) is 2.93. The van der Waals surface area contributed by atoms with Crippen LogP contribution < -0.4 is 10.0 Å². The Morgan fingerprint density at radius 2 is 2.22 bits per heavy atom. The maximum atomic E-state index is 12.0. The lowest BCUT2D eigenvalue weighted by molar-refractivity contribution is 0.578. The van der Waals surface area contributed by atoms with Crippen LogP contribution in [0.15, 0.2) is 17.2 Å². The fourth-order valence-electron chi connectivity index (χ4n) is 1.62. The Morgan fingerprint density at radius 1 is 1.56 bits per heavy atom. The van der Waals surface area contributed by atoms with Gasteiger partial charge in [-0.25, -0.2) is 18.1 Å². The molecular formula is C11H16ClN3O2S. The molecule has 1 aliphatic carbocycles. The van der Waals surface area contributed by atoms with E-state index in [-0.39, 0.29) is 10.9 Å². The third-order valence-corrected chi connectivity index (χ3v) is 4.63. The molecule has 7 heteroatoms. The quantitative estimate of drug-likeness (QED) is 0.868. The Morgan fingerprint density at radius 3 is 2.72 bits per heavy atom. The minimum Gasteiger partial charge on any atom is -0.369 e. The van der Waals surface area contributed by atoms with Crippen molar-refractivity contribution < 1.29 is 8.42 Å². The van der Waals surface area contributed by atoms with Crippen LogP contribution in [-0.4, -0.2) is 26.0 Å². The van der Waals surface area contributed by atoms with Crippen molar-refractivity contribution in [1.82, 2.24) is 9.71 Å². The standard InChI is InChI=1S/C11H16ClN3O2S/c1-3-13-11-9(12)5-8(6-14-11)18(16,17)15-10-4-7(10)2/h5-7,10,15H,3-4H2,1-2H3,(H,13,14). The molecule has 0 spiro atoms. The van der Waals surface area contributed by atoms with Crippen LogP contribution in [0.2, 0.25) is 5.02 Å². The molecule has 100 valence electrons. The van der Waals surface area contributed by atoms with Gasteiger partial charge in [0.05, 0.1) is 5.02 Å². The Balaban J connectivity index is 2.20. The zero-order valence-corrected chi connectivity index (χ0v) is 11.8. The average Bonchev–Trinajstić information content (AvgIpc) is 2.96. The lowest BCUT2D eigenvalue weighted by atomic mass is 10.4. The summed E-state index contributed by atoms with van der Waals surface area (Å²) in [6, 6.07) is 1.46. The average molecular weight is 290 g/mol. The molecule has 5 nitrogen and oxygen atoms in total. The third-order valence-electron chi connectivity index (χ3n) is 2.89. The van der Waals surface area contributed by atoms with Crippen molar-refractivity contribution in [2.45, 2.75) is 31.2 Å². The Hall–Kier alpha value is -0.850. The first-order chi connectivity index (χ1) is 8.44. The smallest absolute Gasteiger partial charge is 0.242 e. The van der Waals surface area contributed by atoms with Gasteiger partial charge < -0.3 is 5.32 Å². The molecular weight excluding hydrogens is 274 g/mol. The highest BCUT2D eigenvalue weighted by Gasteiger charge is 2.36. The van der Waals surface area contributed by atoms with Crippen LogP contribution in [0.1, 0.15) is 20.3 Å². The number of aromatic nitrogens is 1. The van der Waals surface area contributed by atoms with Crippen LogP contribution in [0.25, 0.3) is 0 Å². The molecule has 0 bridgehead atoms. The Kier molecular flexibility index (Phi) is 3.79. The SMILES string of the molecule is CCNc1ncc(S(=O)(=O)NC2CC2C)cc1Cl. The zero-order chi connectivity index (χ0) is 13.3. The first-order valence-corrected chi connectivity index (χ1v) is 7.72. The molecule has 2 unspecified atom stereocenters. The molecule has 18 heavy (non-hydrogen) atoms. The molecule has 1 aromatic rings. The van der Waals surface area contributed by atoms with Gasteiger partial charge in [-0.1, -0.05) is 18.5 Å². The summed E-state index contributed by atoms with van der Waals surface area (Å²) in [6.07, 6.45) is 2.20. The summed E-state index contributed by atoms with van der Waals surface area (Å²) in [7, 11) is -3.51. The van der Waals surface area contributed by atoms with Gasteiger partial charge in [0.1, 0.15) is 10.7 Å². The van der Waals surface area contributed by atoms with Crippen molar-refractivity contribution in [3.05, 3.63) is 17.3 Å². The van der Waals surface area contributed by atoms with E-state index in [1.807, 2.05) is 13.8 Å².